The highest BCUT2D eigenvalue weighted by atomic mass is 16.1. The maximum absolute atomic E-state index is 10.5. The molecule has 1 fully saturated rings. The first-order valence-corrected chi connectivity index (χ1v) is 3.73. The van der Waals surface area contributed by atoms with Crippen LogP contribution >= 0.6 is 0 Å². The molecule has 0 aromatic rings. The van der Waals surface area contributed by atoms with Gasteiger partial charge in [-0.3, -0.25) is 4.79 Å². The Labute approximate surface area is 56.4 Å². The summed E-state index contributed by atoms with van der Waals surface area (Å²) in [6.45, 7) is 4.40. The molecule has 0 aliphatic heterocycles. The molecule has 1 atom stereocenters. The number of hydrogen-bond acceptors (Lipinski definition) is 1. The van der Waals surface area contributed by atoms with E-state index in [1.165, 1.54) is 6.42 Å². The van der Waals surface area contributed by atoms with Crippen molar-refractivity contribution in [3.8, 4) is 0 Å². The predicted molar refractivity (Wildman–Crippen MR) is 37.2 cm³/mol. The molecule has 0 saturated heterocycles. The van der Waals surface area contributed by atoms with E-state index in [1.54, 1.807) is 0 Å². The molecule has 1 saturated carbocycles. The van der Waals surface area contributed by atoms with Gasteiger partial charge >= 0.3 is 0 Å². The van der Waals surface area contributed by atoms with Crippen LogP contribution in [0.4, 0.5) is 0 Å². The predicted octanol–water partition coefficient (Wildman–Crippen LogP) is 2.01. The van der Waals surface area contributed by atoms with Gasteiger partial charge in [-0.15, -0.1) is 0 Å². The van der Waals surface area contributed by atoms with Gasteiger partial charge in [-0.05, 0) is 12.3 Å². The van der Waals surface area contributed by atoms with Gasteiger partial charge in [-0.25, -0.2) is 0 Å². The molecule has 1 aliphatic carbocycles. The zero-order chi connectivity index (χ0) is 6.85. The summed E-state index contributed by atoms with van der Waals surface area (Å²) in [4.78, 5) is 10.5. The van der Waals surface area contributed by atoms with Crippen molar-refractivity contribution in [1.29, 1.82) is 0 Å². The van der Waals surface area contributed by atoms with Crippen LogP contribution < -0.4 is 0 Å². The second-order valence-corrected chi connectivity index (χ2v) is 3.34. The first-order chi connectivity index (χ1) is 4.20. The third-order valence-corrected chi connectivity index (χ3v) is 1.84. The minimum absolute atomic E-state index is 0.465. The SMILES string of the molecule is CC(C)CCC1CC1=O. The molecule has 0 radical (unpaired) electrons. The number of hydrogen-bond donors (Lipinski definition) is 0. The Balaban J connectivity index is 2.00. The van der Waals surface area contributed by atoms with Crippen LogP contribution in [0.25, 0.3) is 0 Å². The Hall–Kier alpha value is -0.330. The summed E-state index contributed by atoms with van der Waals surface area (Å²) in [6.07, 6.45) is 3.22. The van der Waals surface area contributed by atoms with E-state index < -0.39 is 0 Å². The molecule has 9 heavy (non-hydrogen) atoms. The molecule has 1 unspecified atom stereocenters. The fourth-order valence-corrected chi connectivity index (χ4v) is 0.981. The first-order valence-electron chi connectivity index (χ1n) is 3.73. The molecular formula is C8H14O. The van der Waals surface area contributed by atoms with E-state index in [1.807, 2.05) is 0 Å². The largest absolute Gasteiger partial charge is 0.299 e. The van der Waals surface area contributed by atoms with Crippen molar-refractivity contribution in [2.24, 2.45) is 11.8 Å². The standard InChI is InChI=1S/C8H14O/c1-6(2)3-4-7-5-8(7)9/h6-7H,3-5H2,1-2H3. The molecule has 1 heteroatoms. The van der Waals surface area contributed by atoms with Gasteiger partial charge in [0.1, 0.15) is 5.78 Å². The van der Waals surface area contributed by atoms with E-state index in [9.17, 15) is 4.79 Å². The second-order valence-electron chi connectivity index (χ2n) is 3.34. The lowest BCUT2D eigenvalue weighted by molar-refractivity contribution is -0.111. The molecular weight excluding hydrogens is 112 g/mol. The Morgan fingerprint density at radius 1 is 1.67 bits per heavy atom. The van der Waals surface area contributed by atoms with Crippen LogP contribution in [-0.4, -0.2) is 5.78 Å². The summed E-state index contributed by atoms with van der Waals surface area (Å²) in [5.74, 6) is 1.71. The number of Topliss-reactive ketones (excluding diaryl/α,β-unsaturated/α-hetero) is 1. The Bertz CT molecular complexity index is 116. The van der Waals surface area contributed by atoms with Gasteiger partial charge in [-0.2, -0.15) is 0 Å². The Morgan fingerprint density at radius 2 is 2.22 bits per heavy atom. The monoisotopic (exact) mass is 126 g/mol. The maximum atomic E-state index is 10.5. The molecule has 52 valence electrons. The van der Waals surface area contributed by atoms with Gasteiger partial charge < -0.3 is 0 Å². The summed E-state index contributed by atoms with van der Waals surface area (Å²) in [6, 6.07) is 0. The fourth-order valence-electron chi connectivity index (χ4n) is 0.981. The minimum Gasteiger partial charge on any atom is -0.299 e. The van der Waals surface area contributed by atoms with Gasteiger partial charge in [0.25, 0.3) is 0 Å². The van der Waals surface area contributed by atoms with Gasteiger partial charge in [0.05, 0.1) is 0 Å². The average molecular weight is 126 g/mol. The van der Waals surface area contributed by atoms with E-state index in [-0.39, 0.29) is 0 Å². The maximum Gasteiger partial charge on any atom is 0.137 e. The summed E-state index contributed by atoms with van der Waals surface area (Å²) in [7, 11) is 0. The molecule has 0 heterocycles. The molecule has 1 aliphatic rings. The van der Waals surface area contributed by atoms with E-state index >= 15 is 0 Å². The zero-order valence-electron chi connectivity index (χ0n) is 6.18. The summed E-state index contributed by atoms with van der Waals surface area (Å²) < 4.78 is 0. The highest BCUT2D eigenvalue weighted by Crippen LogP contribution is 2.30. The topological polar surface area (TPSA) is 17.1 Å². The van der Waals surface area contributed by atoms with E-state index in [4.69, 9.17) is 0 Å². The van der Waals surface area contributed by atoms with Crippen molar-refractivity contribution in [1.82, 2.24) is 0 Å². The van der Waals surface area contributed by atoms with Crippen LogP contribution in [0.15, 0.2) is 0 Å². The van der Waals surface area contributed by atoms with Gasteiger partial charge in [0.2, 0.25) is 0 Å². The quantitative estimate of drug-likeness (QED) is 0.565. The lowest BCUT2D eigenvalue weighted by Gasteiger charge is -1.99. The fraction of sp³-hybridized carbons (Fsp3) is 0.875. The van der Waals surface area contributed by atoms with E-state index in [2.05, 4.69) is 13.8 Å². The molecule has 0 aromatic carbocycles. The Morgan fingerprint density at radius 3 is 2.56 bits per heavy atom. The Kier molecular flexibility index (Phi) is 1.89. The van der Waals surface area contributed by atoms with Crippen LogP contribution in [0.3, 0.4) is 0 Å². The summed E-state index contributed by atoms with van der Waals surface area (Å²) >= 11 is 0. The molecule has 0 aromatic heterocycles. The molecule has 0 bridgehead atoms. The lowest BCUT2D eigenvalue weighted by atomic mass is 10.1. The van der Waals surface area contributed by atoms with Crippen LogP contribution in [-0.2, 0) is 4.79 Å². The summed E-state index contributed by atoms with van der Waals surface area (Å²) in [5.41, 5.74) is 0. The van der Waals surface area contributed by atoms with Crippen LogP contribution in [0, 0.1) is 11.8 Å². The number of rotatable bonds is 3. The number of carbonyl (C=O) groups is 1. The number of carbonyl (C=O) groups excluding carboxylic acids is 1. The zero-order valence-corrected chi connectivity index (χ0v) is 6.18. The lowest BCUT2D eigenvalue weighted by Crippen LogP contribution is -1.88. The normalized spacial score (nSPS) is 25.2. The summed E-state index contributed by atoms with van der Waals surface area (Å²) in [5, 5.41) is 0. The van der Waals surface area contributed by atoms with Crippen molar-refractivity contribution in [3.05, 3.63) is 0 Å². The van der Waals surface area contributed by atoms with Gasteiger partial charge in [0.15, 0.2) is 0 Å². The van der Waals surface area contributed by atoms with Crippen molar-refractivity contribution in [2.75, 3.05) is 0 Å². The molecule has 1 nitrogen and oxygen atoms in total. The van der Waals surface area contributed by atoms with E-state index in [0.29, 0.717) is 11.7 Å². The highest BCUT2D eigenvalue weighted by Gasteiger charge is 2.33. The van der Waals surface area contributed by atoms with Gasteiger partial charge in [-0.1, -0.05) is 20.3 Å². The third-order valence-electron chi connectivity index (χ3n) is 1.84. The number of ketones is 1. The van der Waals surface area contributed by atoms with Crippen molar-refractivity contribution in [2.45, 2.75) is 33.1 Å². The molecule has 0 amide bonds. The van der Waals surface area contributed by atoms with Crippen molar-refractivity contribution >= 4 is 5.78 Å². The van der Waals surface area contributed by atoms with Crippen LogP contribution in [0.2, 0.25) is 0 Å². The average Bonchev–Trinajstić information content (AvgIpc) is 2.42. The molecule has 1 rings (SSSR count). The third kappa shape index (κ3) is 2.17. The minimum atomic E-state index is 0.465. The van der Waals surface area contributed by atoms with E-state index in [0.717, 1.165) is 18.8 Å². The van der Waals surface area contributed by atoms with Gasteiger partial charge in [0, 0.05) is 12.3 Å². The van der Waals surface area contributed by atoms with Crippen LogP contribution in [0.5, 0.6) is 0 Å². The molecule has 0 N–H and O–H groups in total. The highest BCUT2D eigenvalue weighted by molar-refractivity contribution is 5.95. The van der Waals surface area contributed by atoms with Crippen molar-refractivity contribution in [3.63, 3.8) is 0 Å². The molecule has 0 spiro atoms. The van der Waals surface area contributed by atoms with Crippen LogP contribution in [0.1, 0.15) is 33.1 Å². The second kappa shape index (κ2) is 2.51. The van der Waals surface area contributed by atoms with Crippen molar-refractivity contribution < 1.29 is 4.79 Å². The smallest absolute Gasteiger partial charge is 0.137 e. The first kappa shape index (κ1) is 6.79.